The summed E-state index contributed by atoms with van der Waals surface area (Å²) >= 11 is 0. The molecule has 2 amide bonds. The van der Waals surface area contributed by atoms with E-state index in [1.807, 2.05) is 13.0 Å². The van der Waals surface area contributed by atoms with Gasteiger partial charge in [-0.2, -0.15) is 5.10 Å². The average molecular weight is 445 g/mol. The highest BCUT2D eigenvalue weighted by molar-refractivity contribution is 5.93. The molecule has 4 rings (SSSR count). The Morgan fingerprint density at radius 1 is 1.03 bits per heavy atom. The lowest BCUT2D eigenvalue weighted by molar-refractivity contribution is -0.134. The zero-order valence-corrected chi connectivity index (χ0v) is 19.0. The monoisotopic (exact) mass is 444 g/mol. The molecule has 0 spiro atoms. The molecule has 0 aliphatic carbocycles. The lowest BCUT2D eigenvalue weighted by atomic mass is 9.95. The van der Waals surface area contributed by atoms with Gasteiger partial charge in [0.25, 0.3) is 11.5 Å². The van der Waals surface area contributed by atoms with Crippen LogP contribution in [0.25, 0.3) is 11.1 Å². The molecule has 2 aromatic carbocycles. The third-order valence-electron chi connectivity index (χ3n) is 6.10. The molecule has 7 nitrogen and oxygen atoms in total. The second-order valence-corrected chi connectivity index (χ2v) is 8.44. The quantitative estimate of drug-likeness (QED) is 0.656. The maximum atomic E-state index is 13.2. The van der Waals surface area contributed by atoms with Gasteiger partial charge in [-0.15, -0.1) is 0 Å². The number of rotatable bonds is 5. The summed E-state index contributed by atoms with van der Waals surface area (Å²) in [6.07, 6.45) is 0.548. The molecule has 1 aliphatic rings. The average Bonchev–Trinajstić information content (AvgIpc) is 2.98. The first-order chi connectivity index (χ1) is 15.9. The van der Waals surface area contributed by atoms with Crippen LogP contribution in [0.5, 0.6) is 0 Å². The molecule has 1 atom stereocenters. The predicted octanol–water partition coefficient (Wildman–Crippen LogP) is 2.91. The van der Waals surface area contributed by atoms with Crippen molar-refractivity contribution in [2.45, 2.75) is 20.3 Å². The van der Waals surface area contributed by atoms with E-state index in [1.165, 1.54) is 17.7 Å². The van der Waals surface area contributed by atoms with Crippen LogP contribution < -0.4 is 5.56 Å². The minimum absolute atomic E-state index is 0.0602. The highest BCUT2D eigenvalue weighted by Crippen LogP contribution is 2.23. The van der Waals surface area contributed by atoms with Gasteiger partial charge in [0.1, 0.15) is 5.69 Å². The Labute approximate surface area is 193 Å². The highest BCUT2D eigenvalue weighted by atomic mass is 16.2. The van der Waals surface area contributed by atoms with Crippen molar-refractivity contribution >= 4 is 11.8 Å². The van der Waals surface area contributed by atoms with Gasteiger partial charge < -0.3 is 9.80 Å². The van der Waals surface area contributed by atoms with Crippen LogP contribution >= 0.6 is 0 Å². The molecule has 3 aromatic rings. The number of carbonyl (C=O) groups excluding carboxylic acids is 2. The highest BCUT2D eigenvalue weighted by Gasteiger charge is 2.32. The van der Waals surface area contributed by atoms with Crippen molar-refractivity contribution < 1.29 is 9.59 Å². The molecule has 7 heteroatoms. The van der Waals surface area contributed by atoms with Gasteiger partial charge in [0.05, 0.1) is 5.92 Å². The van der Waals surface area contributed by atoms with Crippen LogP contribution in [0.4, 0.5) is 0 Å². The Balaban J connectivity index is 1.53. The fraction of sp³-hybridized carbons (Fsp3) is 0.308. The molecule has 170 valence electrons. The number of amides is 2. The van der Waals surface area contributed by atoms with Crippen LogP contribution in [0.3, 0.4) is 0 Å². The number of carbonyl (C=O) groups is 2. The van der Waals surface area contributed by atoms with Crippen LogP contribution in [-0.2, 0) is 11.2 Å². The topological polar surface area (TPSA) is 86.4 Å². The number of benzene rings is 2. The van der Waals surface area contributed by atoms with E-state index >= 15 is 0 Å². The Morgan fingerprint density at radius 3 is 2.48 bits per heavy atom. The zero-order chi connectivity index (χ0) is 23.4. The lowest BCUT2D eigenvalue weighted by Gasteiger charge is -2.23. The van der Waals surface area contributed by atoms with Gasteiger partial charge in [0, 0.05) is 32.2 Å². The molecular formula is C26H28N4O3. The Bertz CT molecular complexity index is 1180. The van der Waals surface area contributed by atoms with Gasteiger partial charge in [-0.25, -0.2) is 5.10 Å². The molecule has 0 saturated carbocycles. The predicted molar refractivity (Wildman–Crippen MR) is 127 cm³/mol. The minimum atomic E-state index is -0.360. The molecule has 1 aliphatic heterocycles. The second kappa shape index (κ2) is 9.81. The summed E-state index contributed by atoms with van der Waals surface area (Å²) in [7, 11) is 0. The summed E-state index contributed by atoms with van der Waals surface area (Å²) in [5.74, 6) is -0.564. The standard InChI is InChI=1S/C26H28N4O3/c1-3-29-13-14-30(26(33)23-11-12-24(31)28-27-23)17-22(25(29)32)16-19-7-9-20(10-8-19)21-6-4-5-18(2)15-21/h4-12,15,22H,3,13-14,16-17H2,1-2H3,(H,28,31)/t22-/m0/s1. The SMILES string of the molecule is CCN1CCN(C(=O)c2ccc(=O)[nH]n2)C[C@H](Cc2ccc(-c3cccc(C)c3)cc2)C1=O. The fourth-order valence-electron chi connectivity index (χ4n) is 4.26. The van der Waals surface area contributed by atoms with Gasteiger partial charge in [-0.05, 0) is 43.0 Å². The molecule has 1 N–H and O–H groups in total. The molecule has 1 aromatic heterocycles. The maximum Gasteiger partial charge on any atom is 0.274 e. The number of aromatic amines is 1. The summed E-state index contributed by atoms with van der Waals surface area (Å²) in [5.41, 5.74) is 4.37. The molecular weight excluding hydrogens is 416 g/mol. The van der Waals surface area contributed by atoms with Crippen molar-refractivity contribution in [2.75, 3.05) is 26.2 Å². The third-order valence-corrected chi connectivity index (χ3v) is 6.10. The molecule has 0 bridgehead atoms. The summed E-state index contributed by atoms with van der Waals surface area (Å²) in [6.45, 7) is 5.85. The van der Waals surface area contributed by atoms with E-state index in [1.54, 1.807) is 9.80 Å². The molecule has 2 heterocycles. The van der Waals surface area contributed by atoms with Crippen molar-refractivity contribution in [3.63, 3.8) is 0 Å². The summed E-state index contributed by atoms with van der Waals surface area (Å²) in [5, 5.41) is 6.18. The first kappa shape index (κ1) is 22.5. The van der Waals surface area contributed by atoms with Gasteiger partial charge in [-0.1, -0.05) is 54.1 Å². The van der Waals surface area contributed by atoms with Crippen LogP contribution in [0.1, 0.15) is 28.5 Å². The molecule has 33 heavy (non-hydrogen) atoms. The number of nitrogens with zero attached hydrogens (tertiary/aromatic N) is 3. The summed E-state index contributed by atoms with van der Waals surface area (Å²) in [6, 6.07) is 19.3. The van der Waals surface area contributed by atoms with E-state index in [-0.39, 0.29) is 29.0 Å². The number of aromatic nitrogens is 2. The minimum Gasteiger partial charge on any atom is -0.341 e. The van der Waals surface area contributed by atoms with Gasteiger partial charge in [-0.3, -0.25) is 14.4 Å². The maximum absolute atomic E-state index is 13.2. The molecule has 0 radical (unpaired) electrons. The second-order valence-electron chi connectivity index (χ2n) is 8.44. The van der Waals surface area contributed by atoms with E-state index in [4.69, 9.17) is 0 Å². The summed E-state index contributed by atoms with van der Waals surface area (Å²) < 4.78 is 0. The normalized spacial score (nSPS) is 16.5. The fourth-order valence-corrected chi connectivity index (χ4v) is 4.26. The summed E-state index contributed by atoms with van der Waals surface area (Å²) in [4.78, 5) is 40.9. The molecule has 0 unspecified atom stereocenters. The van der Waals surface area contributed by atoms with Crippen molar-refractivity contribution in [3.8, 4) is 11.1 Å². The third kappa shape index (κ3) is 5.19. The van der Waals surface area contributed by atoms with E-state index in [0.29, 0.717) is 32.6 Å². The van der Waals surface area contributed by atoms with Gasteiger partial charge >= 0.3 is 0 Å². The largest absolute Gasteiger partial charge is 0.341 e. The van der Waals surface area contributed by atoms with Gasteiger partial charge in [0.15, 0.2) is 0 Å². The van der Waals surface area contributed by atoms with Crippen molar-refractivity contribution in [2.24, 2.45) is 5.92 Å². The first-order valence-electron chi connectivity index (χ1n) is 11.2. The van der Waals surface area contributed by atoms with Crippen LogP contribution in [0.2, 0.25) is 0 Å². The van der Waals surface area contributed by atoms with Gasteiger partial charge in [0.2, 0.25) is 5.91 Å². The number of hydrogen-bond acceptors (Lipinski definition) is 4. The molecule has 1 fully saturated rings. The van der Waals surface area contributed by atoms with Crippen molar-refractivity contribution in [3.05, 3.63) is 87.8 Å². The number of nitrogens with one attached hydrogen (secondary N) is 1. The van der Waals surface area contributed by atoms with E-state index in [2.05, 4.69) is 59.6 Å². The van der Waals surface area contributed by atoms with Crippen LogP contribution in [-0.4, -0.2) is 58.0 Å². The van der Waals surface area contributed by atoms with Crippen LogP contribution in [0.15, 0.2) is 65.5 Å². The van der Waals surface area contributed by atoms with Crippen molar-refractivity contribution in [1.82, 2.24) is 20.0 Å². The van der Waals surface area contributed by atoms with Crippen LogP contribution in [0, 0.1) is 12.8 Å². The smallest absolute Gasteiger partial charge is 0.274 e. The van der Waals surface area contributed by atoms with E-state index in [0.717, 1.165) is 16.7 Å². The Hall–Kier alpha value is -3.74. The Kier molecular flexibility index (Phi) is 6.68. The van der Waals surface area contributed by atoms with E-state index in [9.17, 15) is 14.4 Å². The lowest BCUT2D eigenvalue weighted by Crippen LogP contribution is -2.38. The Morgan fingerprint density at radius 2 is 1.82 bits per heavy atom. The number of hydrogen-bond donors (Lipinski definition) is 1. The number of H-pyrrole nitrogens is 1. The molecule has 1 saturated heterocycles. The number of likely N-dealkylation sites (N-methyl/N-ethyl adjacent to an activating group) is 1. The van der Waals surface area contributed by atoms with Crippen molar-refractivity contribution in [1.29, 1.82) is 0 Å². The first-order valence-corrected chi connectivity index (χ1v) is 11.2. The van der Waals surface area contributed by atoms with E-state index < -0.39 is 0 Å². The number of aryl methyl sites for hydroxylation is 1. The zero-order valence-electron chi connectivity index (χ0n) is 19.0.